The second-order valence-corrected chi connectivity index (χ2v) is 4.87. The summed E-state index contributed by atoms with van der Waals surface area (Å²) in [6, 6.07) is 7.29. The molecule has 2 rings (SSSR count). The standard InChI is InChI=1S/C15H17NO4/c1-20-15(19)9-16-7-6-13(8-14(16)18)12-4-2-11(10-17)3-5-12/h2-5,10,13H,6-9H2,1H3/t13-/m0/s1. The normalized spacial score (nSPS) is 18.8. The van der Waals surface area contributed by atoms with E-state index >= 15 is 0 Å². The smallest absolute Gasteiger partial charge is 0.325 e. The van der Waals surface area contributed by atoms with E-state index in [-0.39, 0.29) is 18.4 Å². The number of aldehydes is 1. The number of nitrogens with zero attached hydrogens (tertiary/aromatic N) is 1. The van der Waals surface area contributed by atoms with Gasteiger partial charge in [-0.15, -0.1) is 0 Å². The maximum absolute atomic E-state index is 12.0. The van der Waals surface area contributed by atoms with Crippen LogP contribution in [0, 0.1) is 0 Å². The maximum atomic E-state index is 12.0. The molecule has 5 nitrogen and oxygen atoms in total. The highest BCUT2D eigenvalue weighted by Gasteiger charge is 2.28. The zero-order valence-electron chi connectivity index (χ0n) is 11.4. The molecule has 0 saturated carbocycles. The number of piperidine rings is 1. The van der Waals surface area contributed by atoms with Gasteiger partial charge >= 0.3 is 5.97 Å². The van der Waals surface area contributed by atoms with E-state index in [1.54, 1.807) is 12.1 Å². The molecule has 1 aliphatic rings. The minimum absolute atomic E-state index is 0.0200. The summed E-state index contributed by atoms with van der Waals surface area (Å²) in [6.07, 6.45) is 1.99. The molecule has 0 aromatic heterocycles. The van der Waals surface area contributed by atoms with Gasteiger partial charge in [0.2, 0.25) is 5.91 Å². The molecule has 1 atom stereocenters. The summed E-state index contributed by atoms with van der Waals surface area (Å²) in [5, 5.41) is 0. The highest BCUT2D eigenvalue weighted by atomic mass is 16.5. The first-order chi connectivity index (χ1) is 9.63. The van der Waals surface area contributed by atoms with Gasteiger partial charge in [0.25, 0.3) is 0 Å². The van der Waals surface area contributed by atoms with Crippen molar-refractivity contribution >= 4 is 18.2 Å². The van der Waals surface area contributed by atoms with Crippen LogP contribution in [0.1, 0.15) is 34.7 Å². The Bertz CT molecular complexity index is 509. The molecular weight excluding hydrogens is 258 g/mol. The summed E-state index contributed by atoms with van der Waals surface area (Å²) in [5.41, 5.74) is 1.69. The number of carbonyl (C=O) groups excluding carboxylic acids is 3. The van der Waals surface area contributed by atoms with E-state index in [4.69, 9.17) is 0 Å². The van der Waals surface area contributed by atoms with E-state index in [0.29, 0.717) is 18.5 Å². The van der Waals surface area contributed by atoms with E-state index in [1.165, 1.54) is 12.0 Å². The summed E-state index contributed by atoms with van der Waals surface area (Å²) in [5.74, 6) is -0.282. The Morgan fingerprint density at radius 2 is 2.10 bits per heavy atom. The molecule has 106 valence electrons. The van der Waals surface area contributed by atoms with Gasteiger partial charge in [0, 0.05) is 18.5 Å². The Morgan fingerprint density at radius 1 is 1.40 bits per heavy atom. The number of likely N-dealkylation sites (tertiary alicyclic amines) is 1. The number of carbonyl (C=O) groups is 3. The molecule has 1 saturated heterocycles. The number of hydrogen-bond acceptors (Lipinski definition) is 4. The predicted molar refractivity (Wildman–Crippen MR) is 72.4 cm³/mol. The zero-order valence-corrected chi connectivity index (χ0v) is 11.4. The summed E-state index contributed by atoms with van der Waals surface area (Å²) >= 11 is 0. The van der Waals surface area contributed by atoms with E-state index in [1.807, 2.05) is 12.1 Å². The molecule has 1 fully saturated rings. The molecule has 0 N–H and O–H groups in total. The number of methoxy groups -OCH3 is 1. The van der Waals surface area contributed by atoms with Crippen LogP contribution < -0.4 is 0 Å². The van der Waals surface area contributed by atoms with Gasteiger partial charge in [-0.25, -0.2) is 0 Å². The van der Waals surface area contributed by atoms with Crippen LogP contribution in [0.15, 0.2) is 24.3 Å². The lowest BCUT2D eigenvalue weighted by molar-refractivity contribution is -0.148. The number of benzene rings is 1. The van der Waals surface area contributed by atoms with E-state index in [2.05, 4.69) is 4.74 Å². The molecule has 0 aliphatic carbocycles. The molecule has 0 unspecified atom stereocenters. The Balaban J connectivity index is 1.99. The molecule has 1 heterocycles. The Labute approximate surface area is 117 Å². The quantitative estimate of drug-likeness (QED) is 0.615. The first kappa shape index (κ1) is 14.2. The lowest BCUT2D eigenvalue weighted by Crippen LogP contribution is -2.41. The molecule has 20 heavy (non-hydrogen) atoms. The molecule has 1 amide bonds. The average molecular weight is 275 g/mol. The highest BCUT2D eigenvalue weighted by Crippen LogP contribution is 2.28. The highest BCUT2D eigenvalue weighted by molar-refractivity contribution is 5.83. The first-order valence-corrected chi connectivity index (χ1v) is 6.53. The van der Waals surface area contributed by atoms with Crippen molar-refractivity contribution in [3.8, 4) is 0 Å². The fourth-order valence-corrected chi connectivity index (χ4v) is 2.40. The van der Waals surface area contributed by atoms with Gasteiger partial charge in [0.1, 0.15) is 12.8 Å². The van der Waals surface area contributed by atoms with Gasteiger partial charge in [-0.3, -0.25) is 14.4 Å². The summed E-state index contributed by atoms with van der Waals surface area (Å²) in [6.45, 7) is 0.570. The van der Waals surface area contributed by atoms with Gasteiger partial charge < -0.3 is 9.64 Å². The molecule has 1 aromatic rings. The average Bonchev–Trinajstić information content (AvgIpc) is 2.49. The van der Waals surface area contributed by atoms with Crippen molar-refractivity contribution in [3.05, 3.63) is 35.4 Å². The van der Waals surface area contributed by atoms with Gasteiger partial charge in [-0.1, -0.05) is 24.3 Å². The van der Waals surface area contributed by atoms with Crippen LogP contribution in [0.25, 0.3) is 0 Å². The summed E-state index contributed by atoms with van der Waals surface area (Å²) < 4.78 is 4.57. The fourth-order valence-electron chi connectivity index (χ4n) is 2.40. The lowest BCUT2D eigenvalue weighted by atomic mass is 9.88. The second kappa shape index (κ2) is 6.32. The summed E-state index contributed by atoms with van der Waals surface area (Å²) in [4.78, 5) is 35.4. The van der Waals surface area contributed by atoms with Crippen molar-refractivity contribution in [1.82, 2.24) is 4.90 Å². The van der Waals surface area contributed by atoms with Crippen molar-refractivity contribution in [1.29, 1.82) is 0 Å². The van der Waals surface area contributed by atoms with Gasteiger partial charge in [0.15, 0.2) is 0 Å². The predicted octanol–water partition coefficient (Wildman–Crippen LogP) is 1.38. The molecular formula is C15H17NO4. The molecule has 0 radical (unpaired) electrons. The number of rotatable bonds is 4. The van der Waals surface area contributed by atoms with Gasteiger partial charge in [0.05, 0.1) is 7.11 Å². The van der Waals surface area contributed by atoms with Crippen LogP contribution in [-0.4, -0.2) is 43.3 Å². The minimum Gasteiger partial charge on any atom is -0.468 e. The third kappa shape index (κ3) is 3.23. The van der Waals surface area contributed by atoms with Crippen molar-refractivity contribution in [2.75, 3.05) is 20.2 Å². The first-order valence-electron chi connectivity index (χ1n) is 6.53. The SMILES string of the molecule is COC(=O)CN1CC[C@H](c2ccc(C=O)cc2)CC1=O. The van der Waals surface area contributed by atoms with Crippen molar-refractivity contribution in [2.24, 2.45) is 0 Å². The third-order valence-electron chi connectivity index (χ3n) is 3.61. The van der Waals surface area contributed by atoms with Crippen molar-refractivity contribution in [3.63, 3.8) is 0 Å². The third-order valence-corrected chi connectivity index (χ3v) is 3.61. The molecule has 0 spiro atoms. The monoisotopic (exact) mass is 275 g/mol. The van der Waals surface area contributed by atoms with E-state index in [9.17, 15) is 14.4 Å². The topological polar surface area (TPSA) is 63.7 Å². The summed E-state index contributed by atoms with van der Waals surface area (Å²) in [7, 11) is 1.31. The van der Waals surface area contributed by atoms with E-state index in [0.717, 1.165) is 18.3 Å². The van der Waals surface area contributed by atoms with Gasteiger partial charge in [-0.05, 0) is 17.9 Å². The Morgan fingerprint density at radius 3 is 2.65 bits per heavy atom. The Hall–Kier alpha value is -2.17. The second-order valence-electron chi connectivity index (χ2n) is 4.87. The zero-order chi connectivity index (χ0) is 14.5. The van der Waals surface area contributed by atoms with Crippen molar-refractivity contribution < 1.29 is 19.1 Å². The number of ether oxygens (including phenoxy) is 1. The van der Waals surface area contributed by atoms with Crippen molar-refractivity contribution in [2.45, 2.75) is 18.8 Å². The number of hydrogen-bond donors (Lipinski definition) is 0. The maximum Gasteiger partial charge on any atom is 0.325 e. The molecule has 5 heteroatoms. The van der Waals surface area contributed by atoms with Crippen LogP contribution in [0.3, 0.4) is 0 Å². The van der Waals surface area contributed by atoms with E-state index < -0.39 is 5.97 Å². The fraction of sp³-hybridized carbons (Fsp3) is 0.400. The largest absolute Gasteiger partial charge is 0.468 e. The van der Waals surface area contributed by atoms with Crippen LogP contribution in [0.2, 0.25) is 0 Å². The minimum atomic E-state index is -0.396. The Kier molecular flexibility index (Phi) is 4.50. The van der Waals surface area contributed by atoms with Crippen LogP contribution in [0.5, 0.6) is 0 Å². The lowest BCUT2D eigenvalue weighted by Gasteiger charge is -2.31. The molecule has 1 aromatic carbocycles. The molecule has 0 bridgehead atoms. The van der Waals surface area contributed by atoms with Crippen LogP contribution in [0.4, 0.5) is 0 Å². The number of amides is 1. The van der Waals surface area contributed by atoms with Gasteiger partial charge in [-0.2, -0.15) is 0 Å². The molecule has 1 aliphatic heterocycles. The van der Waals surface area contributed by atoms with Crippen LogP contribution in [-0.2, 0) is 14.3 Å². The number of esters is 1. The van der Waals surface area contributed by atoms with Crippen LogP contribution >= 0.6 is 0 Å².